The zero-order chi connectivity index (χ0) is 15.9. The van der Waals surface area contributed by atoms with Crippen LogP contribution >= 0.6 is 27.5 Å². The van der Waals surface area contributed by atoms with Gasteiger partial charge in [0.25, 0.3) is 5.91 Å². The van der Waals surface area contributed by atoms with E-state index in [1.807, 2.05) is 0 Å². The Morgan fingerprint density at radius 3 is 2.86 bits per heavy atom. The number of rotatable bonds is 6. The summed E-state index contributed by atoms with van der Waals surface area (Å²) in [6, 6.07) is 5.10. The van der Waals surface area contributed by atoms with E-state index in [2.05, 4.69) is 26.1 Å². The molecule has 0 aliphatic carbocycles. The van der Waals surface area contributed by atoms with Gasteiger partial charge in [0.1, 0.15) is 12.5 Å². The summed E-state index contributed by atoms with van der Waals surface area (Å²) < 4.78 is 0.650. The smallest absolute Gasteiger partial charge is 0.254 e. The summed E-state index contributed by atoms with van der Waals surface area (Å²) in [7, 11) is 0. The van der Waals surface area contributed by atoms with E-state index in [9.17, 15) is 4.79 Å². The van der Waals surface area contributed by atoms with Crippen molar-refractivity contribution in [2.45, 2.75) is 18.9 Å². The van der Waals surface area contributed by atoms with Gasteiger partial charge in [0, 0.05) is 10.5 Å². The van der Waals surface area contributed by atoms with Crippen molar-refractivity contribution in [3.8, 4) is 0 Å². The van der Waals surface area contributed by atoms with Crippen molar-refractivity contribution in [2.75, 3.05) is 6.54 Å². The van der Waals surface area contributed by atoms with Gasteiger partial charge >= 0.3 is 0 Å². The van der Waals surface area contributed by atoms with Crippen LogP contribution in [0.4, 0.5) is 0 Å². The Morgan fingerprint density at radius 1 is 1.41 bits per heavy atom. The maximum absolute atomic E-state index is 12.5. The molecule has 5 nitrogen and oxygen atoms in total. The SMILES string of the molecule is NCC[C@H](CC1=COOC=C1)NC(=O)c1c(Cl)cccc1Br. The number of carbonyl (C=O) groups excluding carboxylic acids is 1. The predicted molar refractivity (Wildman–Crippen MR) is 88.1 cm³/mol. The normalized spacial score (nSPS) is 14.6. The maximum Gasteiger partial charge on any atom is 0.254 e. The van der Waals surface area contributed by atoms with Gasteiger partial charge in [-0.05, 0) is 59.1 Å². The van der Waals surface area contributed by atoms with Gasteiger partial charge in [-0.3, -0.25) is 14.6 Å². The Hall–Kier alpha value is -1.50. The highest BCUT2D eigenvalue weighted by atomic mass is 79.9. The molecule has 1 heterocycles. The molecule has 0 radical (unpaired) electrons. The molecule has 1 aromatic carbocycles. The predicted octanol–water partition coefficient (Wildman–Crippen LogP) is 3.30. The molecule has 7 heteroatoms. The number of carbonyl (C=O) groups is 1. The quantitative estimate of drug-likeness (QED) is 0.735. The highest BCUT2D eigenvalue weighted by Gasteiger charge is 2.19. The zero-order valence-electron chi connectivity index (χ0n) is 11.7. The van der Waals surface area contributed by atoms with Gasteiger partial charge in [-0.15, -0.1) is 0 Å². The average molecular weight is 388 g/mol. The van der Waals surface area contributed by atoms with Crippen molar-refractivity contribution in [3.63, 3.8) is 0 Å². The van der Waals surface area contributed by atoms with E-state index in [1.165, 1.54) is 12.5 Å². The van der Waals surface area contributed by atoms with Crippen molar-refractivity contribution in [3.05, 3.63) is 57.4 Å². The molecule has 2 rings (SSSR count). The molecule has 22 heavy (non-hydrogen) atoms. The van der Waals surface area contributed by atoms with E-state index in [0.717, 1.165) is 5.57 Å². The summed E-state index contributed by atoms with van der Waals surface area (Å²) in [6.45, 7) is 0.461. The number of halogens is 2. The third-order valence-electron chi connectivity index (χ3n) is 3.11. The van der Waals surface area contributed by atoms with Crippen molar-refractivity contribution >= 4 is 33.4 Å². The van der Waals surface area contributed by atoms with Gasteiger partial charge in [-0.1, -0.05) is 17.7 Å². The minimum atomic E-state index is -0.242. The van der Waals surface area contributed by atoms with Gasteiger partial charge in [-0.25, -0.2) is 0 Å². The lowest BCUT2D eigenvalue weighted by Gasteiger charge is -2.20. The molecule has 1 aliphatic rings. The number of nitrogens with one attached hydrogen (secondary N) is 1. The largest absolute Gasteiger partial charge is 0.349 e. The third kappa shape index (κ3) is 4.50. The number of hydrogen-bond donors (Lipinski definition) is 2. The summed E-state index contributed by atoms with van der Waals surface area (Å²) in [4.78, 5) is 21.9. The lowest BCUT2D eigenvalue weighted by molar-refractivity contribution is -0.199. The minimum absolute atomic E-state index is 0.127. The van der Waals surface area contributed by atoms with Crippen LogP contribution in [0.1, 0.15) is 23.2 Å². The second-order valence-electron chi connectivity index (χ2n) is 4.74. The van der Waals surface area contributed by atoms with E-state index in [1.54, 1.807) is 24.3 Å². The molecule has 1 atom stereocenters. The number of nitrogens with two attached hydrogens (primary N) is 1. The van der Waals surface area contributed by atoms with E-state index in [4.69, 9.17) is 22.2 Å². The van der Waals surface area contributed by atoms with Crippen molar-refractivity contribution in [2.24, 2.45) is 5.73 Å². The van der Waals surface area contributed by atoms with Crippen LogP contribution in [-0.2, 0) is 9.78 Å². The van der Waals surface area contributed by atoms with Crippen LogP contribution in [0.5, 0.6) is 0 Å². The van der Waals surface area contributed by atoms with Crippen LogP contribution < -0.4 is 11.1 Å². The van der Waals surface area contributed by atoms with Gasteiger partial charge in [-0.2, -0.15) is 0 Å². The molecule has 1 aromatic rings. The summed E-state index contributed by atoms with van der Waals surface area (Å²) in [5.74, 6) is -0.242. The van der Waals surface area contributed by atoms with Gasteiger partial charge in [0.15, 0.2) is 0 Å². The fourth-order valence-electron chi connectivity index (χ4n) is 2.08. The second-order valence-corrected chi connectivity index (χ2v) is 6.00. The molecular weight excluding hydrogens is 372 g/mol. The van der Waals surface area contributed by atoms with E-state index >= 15 is 0 Å². The molecule has 0 saturated heterocycles. The van der Waals surface area contributed by atoms with Crippen molar-refractivity contribution in [1.82, 2.24) is 5.32 Å². The van der Waals surface area contributed by atoms with Crippen LogP contribution in [0.15, 0.2) is 46.8 Å². The summed E-state index contributed by atoms with van der Waals surface area (Å²) in [6.07, 6.45) is 5.96. The molecule has 118 valence electrons. The summed E-state index contributed by atoms with van der Waals surface area (Å²) in [5, 5.41) is 3.35. The monoisotopic (exact) mass is 386 g/mol. The molecule has 0 unspecified atom stereocenters. The minimum Gasteiger partial charge on any atom is -0.349 e. The first-order valence-corrected chi connectivity index (χ1v) is 7.91. The first kappa shape index (κ1) is 16.9. The first-order chi connectivity index (χ1) is 10.6. The zero-order valence-corrected chi connectivity index (χ0v) is 14.1. The molecular formula is C15H16BrClN2O3. The van der Waals surface area contributed by atoms with Crippen molar-refractivity contribution in [1.29, 1.82) is 0 Å². The van der Waals surface area contributed by atoms with Crippen LogP contribution in [0.2, 0.25) is 5.02 Å². The Bertz CT molecular complexity index is 584. The summed E-state index contributed by atoms with van der Waals surface area (Å²) in [5.41, 5.74) is 6.95. The number of benzene rings is 1. The molecule has 3 N–H and O–H groups in total. The average Bonchev–Trinajstić information content (AvgIpc) is 2.48. The number of allylic oxidation sites excluding steroid dienone is 1. The number of amides is 1. The van der Waals surface area contributed by atoms with Crippen LogP contribution in [-0.4, -0.2) is 18.5 Å². The third-order valence-corrected chi connectivity index (χ3v) is 4.09. The Morgan fingerprint density at radius 2 is 2.23 bits per heavy atom. The Labute approximate surface area is 142 Å². The lowest BCUT2D eigenvalue weighted by Crippen LogP contribution is -2.37. The molecule has 0 saturated carbocycles. The molecule has 1 aliphatic heterocycles. The van der Waals surface area contributed by atoms with Crippen LogP contribution in [0, 0.1) is 0 Å². The van der Waals surface area contributed by atoms with E-state index in [0.29, 0.717) is 34.4 Å². The van der Waals surface area contributed by atoms with E-state index in [-0.39, 0.29) is 11.9 Å². The number of hydrogen-bond acceptors (Lipinski definition) is 4. The molecule has 0 spiro atoms. The van der Waals surface area contributed by atoms with Gasteiger partial charge in [0.2, 0.25) is 0 Å². The molecule has 1 amide bonds. The van der Waals surface area contributed by atoms with Gasteiger partial charge in [0.05, 0.1) is 10.6 Å². The fraction of sp³-hybridized carbons (Fsp3) is 0.267. The molecule has 0 bridgehead atoms. The maximum atomic E-state index is 12.5. The molecule has 0 aromatic heterocycles. The second kappa shape index (κ2) is 8.22. The summed E-state index contributed by atoms with van der Waals surface area (Å²) >= 11 is 9.45. The first-order valence-electron chi connectivity index (χ1n) is 6.74. The Balaban J connectivity index is 2.08. The fourth-order valence-corrected chi connectivity index (χ4v) is 3.00. The highest BCUT2D eigenvalue weighted by molar-refractivity contribution is 9.10. The van der Waals surface area contributed by atoms with Gasteiger partial charge < -0.3 is 11.1 Å². The van der Waals surface area contributed by atoms with Crippen molar-refractivity contribution < 1.29 is 14.6 Å². The molecule has 0 fully saturated rings. The van der Waals surface area contributed by atoms with E-state index < -0.39 is 0 Å². The lowest BCUT2D eigenvalue weighted by atomic mass is 10.0. The Kier molecular flexibility index (Phi) is 6.30. The van der Waals surface area contributed by atoms with Crippen LogP contribution in [0.25, 0.3) is 0 Å². The standard InChI is InChI=1S/C15H16BrClN2O3/c16-12-2-1-3-13(17)14(12)15(20)19-11(4-6-18)8-10-5-7-21-22-9-10/h1-3,5,7,9,11H,4,6,8,18H2,(H,19,20)/t11-/m1/s1. The topological polar surface area (TPSA) is 73.6 Å². The van der Waals surface area contributed by atoms with Crippen LogP contribution in [0.3, 0.4) is 0 Å². The highest BCUT2D eigenvalue weighted by Crippen LogP contribution is 2.25.